The lowest BCUT2D eigenvalue weighted by Gasteiger charge is -2.23. The maximum atomic E-state index is 12.0. The number of fused-ring (bicyclic) bond motifs is 2. The van der Waals surface area contributed by atoms with Gasteiger partial charge in [0.1, 0.15) is 6.17 Å². The minimum Gasteiger partial charge on any atom is -0.368 e. The van der Waals surface area contributed by atoms with Crippen LogP contribution in [0, 0.1) is 0 Å². The summed E-state index contributed by atoms with van der Waals surface area (Å²) in [4.78, 5) is 12.0. The number of hydrogen-bond donors (Lipinski definition) is 3. The van der Waals surface area contributed by atoms with Crippen LogP contribution in [0.2, 0.25) is 0 Å². The molecule has 1 atom stereocenters. The zero-order chi connectivity index (χ0) is 11.0. The molecule has 3 aliphatic heterocycles. The Morgan fingerprint density at radius 2 is 2.19 bits per heavy atom. The molecule has 0 saturated heterocycles. The second-order valence-electron chi connectivity index (χ2n) is 3.75. The summed E-state index contributed by atoms with van der Waals surface area (Å²) >= 11 is 0. The number of carbonyl (C=O) groups is 1. The summed E-state index contributed by atoms with van der Waals surface area (Å²) in [6.07, 6.45) is 12.5. The SMILES string of the molecule is O=C1C=C2C=CNC=C2NC2NC=CC=C12. The molecule has 0 saturated carbocycles. The fourth-order valence-corrected chi connectivity index (χ4v) is 1.91. The molecule has 0 aliphatic carbocycles. The van der Waals surface area contributed by atoms with Gasteiger partial charge in [-0.3, -0.25) is 4.79 Å². The Hall–Kier alpha value is -2.23. The van der Waals surface area contributed by atoms with Crippen molar-refractivity contribution in [3.63, 3.8) is 0 Å². The van der Waals surface area contributed by atoms with Crippen LogP contribution in [0.1, 0.15) is 0 Å². The second-order valence-corrected chi connectivity index (χ2v) is 3.75. The first-order valence-electron chi connectivity index (χ1n) is 5.13. The largest absolute Gasteiger partial charge is 0.368 e. The van der Waals surface area contributed by atoms with Crippen LogP contribution in [0.4, 0.5) is 0 Å². The molecule has 0 spiro atoms. The Morgan fingerprint density at radius 1 is 1.25 bits per heavy atom. The molecule has 0 aromatic rings. The van der Waals surface area contributed by atoms with Crippen LogP contribution in [-0.2, 0) is 4.79 Å². The third-order valence-corrected chi connectivity index (χ3v) is 2.71. The van der Waals surface area contributed by atoms with Crippen LogP contribution in [-0.4, -0.2) is 11.9 Å². The van der Waals surface area contributed by atoms with Crippen LogP contribution < -0.4 is 16.0 Å². The van der Waals surface area contributed by atoms with Gasteiger partial charge in [-0.15, -0.1) is 0 Å². The molecule has 3 aliphatic rings. The highest BCUT2D eigenvalue weighted by molar-refractivity contribution is 6.06. The van der Waals surface area contributed by atoms with Crippen molar-refractivity contribution in [1.82, 2.24) is 16.0 Å². The molecule has 0 aromatic carbocycles. The number of hydrogen-bond acceptors (Lipinski definition) is 4. The summed E-state index contributed by atoms with van der Waals surface area (Å²) < 4.78 is 0. The van der Waals surface area contributed by atoms with Crippen LogP contribution in [0.25, 0.3) is 0 Å². The molecule has 4 heteroatoms. The van der Waals surface area contributed by atoms with E-state index in [2.05, 4.69) is 16.0 Å². The standard InChI is InChI=1S/C12H11N3O/c16-11-6-8-3-5-13-7-10(8)15-12-9(11)2-1-4-14-12/h1-7,12-15H. The van der Waals surface area contributed by atoms with Crippen molar-refractivity contribution in [2.45, 2.75) is 6.17 Å². The topological polar surface area (TPSA) is 53.2 Å². The van der Waals surface area contributed by atoms with Crippen molar-refractivity contribution in [1.29, 1.82) is 0 Å². The monoisotopic (exact) mass is 213 g/mol. The maximum Gasteiger partial charge on any atom is 0.186 e. The van der Waals surface area contributed by atoms with Crippen LogP contribution >= 0.6 is 0 Å². The van der Waals surface area contributed by atoms with Crippen LogP contribution in [0.5, 0.6) is 0 Å². The highest BCUT2D eigenvalue weighted by atomic mass is 16.1. The van der Waals surface area contributed by atoms with Crippen molar-refractivity contribution in [3.8, 4) is 0 Å². The first kappa shape index (κ1) is 9.03. The molecule has 80 valence electrons. The van der Waals surface area contributed by atoms with E-state index in [0.717, 1.165) is 16.8 Å². The summed E-state index contributed by atoms with van der Waals surface area (Å²) in [5.41, 5.74) is 2.56. The third-order valence-electron chi connectivity index (χ3n) is 2.71. The van der Waals surface area contributed by atoms with Crippen molar-refractivity contribution >= 4 is 5.78 Å². The average Bonchev–Trinajstić information content (AvgIpc) is 2.45. The van der Waals surface area contributed by atoms with E-state index >= 15 is 0 Å². The molecule has 4 nitrogen and oxygen atoms in total. The number of rotatable bonds is 0. The Morgan fingerprint density at radius 3 is 3.12 bits per heavy atom. The van der Waals surface area contributed by atoms with E-state index in [1.54, 1.807) is 12.3 Å². The van der Waals surface area contributed by atoms with Gasteiger partial charge in [0, 0.05) is 23.5 Å². The van der Waals surface area contributed by atoms with Crippen molar-refractivity contribution < 1.29 is 4.79 Å². The quantitative estimate of drug-likeness (QED) is 0.545. The van der Waals surface area contributed by atoms with E-state index < -0.39 is 0 Å². The van der Waals surface area contributed by atoms with E-state index in [9.17, 15) is 4.79 Å². The summed E-state index contributed by atoms with van der Waals surface area (Å²) in [6, 6.07) is 0. The molecular formula is C12H11N3O. The van der Waals surface area contributed by atoms with E-state index in [-0.39, 0.29) is 11.9 Å². The molecule has 1 unspecified atom stereocenters. The Balaban J connectivity index is 2.06. The van der Waals surface area contributed by atoms with Gasteiger partial charge in [-0.1, -0.05) is 0 Å². The molecule has 0 bridgehead atoms. The molecule has 0 fully saturated rings. The lowest BCUT2D eigenvalue weighted by atomic mass is 10.1. The summed E-state index contributed by atoms with van der Waals surface area (Å²) in [7, 11) is 0. The third kappa shape index (κ3) is 1.35. The fraction of sp³-hybridized carbons (Fsp3) is 0.0833. The van der Waals surface area contributed by atoms with Gasteiger partial charge in [0.25, 0.3) is 0 Å². The number of nitrogens with one attached hydrogen (secondary N) is 3. The van der Waals surface area contributed by atoms with E-state index in [1.165, 1.54) is 0 Å². The average molecular weight is 213 g/mol. The highest BCUT2D eigenvalue weighted by Gasteiger charge is 2.25. The fourth-order valence-electron chi connectivity index (χ4n) is 1.91. The van der Waals surface area contributed by atoms with E-state index in [4.69, 9.17) is 0 Å². The zero-order valence-corrected chi connectivity index (χ0v) is 8.53. The predicted octanol–water partition coefficient (Wildman–Crippen LogP) is 0.413. The molecule has 3 N–H and O–H groups in total. The minimum atomic E-state index is -0.147. The normalized spacial score (nSPS) is 25.9. The first-order valence-corrected chi connectivity index (χ1v) is 5.13. The lowest BCUT2D eigenvalue weighted by Crippen LogP contribution is -2.43. The second kappa shape index (κ2) is 3.41. The highest BCUT2D eigenvalue weighted by Crippen LogP contribution is 2.20. The Bertz CT molecular complexity index is 494. The molecule has 0 aromatic heterocycles. The zero-order valence-electron chi connectivity index (χ0n) is 8.53. The molecule has 3 rings (SSSR count). The van der Waals surface area contributed by atoms with Gasteiger partial charge in [0.2, 0.25) is 0 Å². The number of allylic oxidation sites excluding steroid dienone is 4. The molecule has 0 radical (unpaired) electrons. The Kier molecular flexibility index (Phi) is 1.93. The van der Waals surface area contributed by atoms with Crippen molar-refractivity contribution in [2.24, 2.45) is 0 Å². The van der Waals surface area contributed by atoms with Gasteiger partial charge in [-0.25, -0.2) is 0 Å². The Labute approximate surface area is 93.1 Å². The van der Waals surface area contributed by atoms with Gasteiger partial charge in [-0.2, -0.15) is 0 Å². The van der Waals surface area contributed by atoms with E-state index in [0.29, 0.717) is 0 Å². The van der Waals surface area contributed by atoms with Crippen LogP contribution in [0.15, 0.2) is 59.7 Å². The van der Waals surface area contributed by atoms with Gasteiger partial charge >= 0.3 is 0 Å². The smallest absolute Gasteiger partial charge is 0.186 e. The van der Waals surface area contributed by atoms with E-state index in [1.807, 2.05) is 30.6 Å². The molecule has 0 amide bonds. The van der Waals surface area contributed by atoms with Gasteiger partial charge in [-0.05, 0) is 30.5 Å². The minimum absolute atomic E-state index is 0.0410. The predicted molar refractivity (Wildman–Crippen MR) is 60.7 cm³/mol. The maximum absolute atomic E-state index is 12.0. The summed E-state index contributed by atoms with van der Waals surface area (Å²) in [5, 5.41) is 9.40. The molecular weight excluding hydrogens is 202 g/mol. The summed E-state index contributed by atoms with van der Waals surface area (Å²) in [5.74, 6) is 0.0410. The van der Waals surface area contributed by atoms with Gasteiger partial charge in [0.05, 0.1) is 5.70 Å². The number of dihydropyridines is 2. The van der Waals surface area contributed by atoms with Crippen molar-refractivity contribution in [2.75, 3.05) is 0 Å². The lowest BCUT2D eigenvalue weighted by molar-refractivity contribution is -0.111. The van der Waals surface area contributed by atoms with Crippen LogP contribution in [0.3, 0.4) is 0 Å². The molecule has 3 heterocycles. The molecule has 16 heavy (non-hydrogen) atoms. The van der Waals surface area contributed by atoms with Crippen molar-refractivity contribution in [3.05, 3.63) is 59.7 Å². The summed E-state index contributed by atoms with van der Waals surface area (Å²) in [6.45, 7) is 0. The van der Waals surface area contributed by atoms with Gasteiger partial charge < -0.3 is 16.0 Å². The number of ketones is 1. The first-order chi connectivity index (χ1) is 7.84. The van der Waals surface area contributed by atoms with Gasteiger partial charge in [0.15, 0.2) is 5.78 Å². The number of carbonyl (C=O) groups excluding carboxylic acids is 1.